The number of benzene rings is 2. The van der Waals surface area contributed by atoms with Crippen molar-refractivity contribution in [1.82, 2.24) is 15.2 Å². The molecule has 4 rings (SSSR count). The third-order valence-corrected chi connectivity index (χ3v) is 5.00. The van der Waals surface area contributed by atoms with Gasteiger partial charge in [0.1, 0.15) is 6.61 Å². The van der Waals surface area contributed by atoms with Crippen LogP contribution >= 0.6 is 0 Å². The molecular formula is C22H24N4O3. The maximum absolute atomic E-state index is 5.86. The van der Waals surface area contributed by atoms with Crippen LogP contribution in [0.25, 0.3) is 22.0 Å². The van der Waals surface area contributed by atoms with E-state index in [-0.39, 0.29) is 5.92 Å². The average Bonchev–Trinajstić information content (AvgIpc) is 3.19. The fourth-order valence-corrected chi connectivity index (χ4v) is 3.50. The SMILES string of the molecule is COCCOc1cc2c(-c3cccc(C4C=NN(C)C4)c3)cnnc2cc1OC. The van der Waals surface area contributed by atoms with Crippen molar-refractivity contribution in [2.45, 2.75) is 5.92 Å². The molecule has 1 atom stereocenters. The summed E-state index contributed by atoms with van der Waals surface area (Å²) in [7, 11) is 5.25. The fourth-order valence-electron chi connectivity index (χ4n) is 3.50. The molecule has 0 aliphatic carbocycles. The molecule has 1 aromatic heterocycles. The molecule has 0 saturated heterocycles. The topological polar surface area (TPSA) is 69.1 Å². The number of hydrazone groups is 1. The average molecular weight is 392 g/mol. The number of nitrogens with zero attached hydrogens (tertiary/aromatic N) is 4. The monoisotopic (exact) mass is 392 g/mol. The lowest BCUT2D eigenvalue weighted by molar-refractivity contribution is 0.144. The van der Waals surface area contributed by atoms with E-state index in [4.69, 9.17) is 14.2 Å². The number of likely N-dealkylation sites (N-methyl/N-ethyl adjacent to an activating group) is 1. The van der Waals surface area contributed by atoms with E-state index in [1.807, 2.05) is 30.4 Å². The maximum atomic E-state index is 5.86. The summed E-state index contributed by atoms with van der Waals surface area (Å²) in [6.07, 6.45) is 3.79. The normalized spacial score (nSPS) is 15.8. The van der Waals surface area contributed by atoms with Crippen molar-refractivity contribution in [2.75, 3.05) is 41.0 Å². The lowest BCUT2D eigenvalue weighted by Gasteiger charge is -2.14. The van der Waals surface area contributed by atoms with Gasteiger partial charge < -0.3 is 14.2 Å². The van der Waals surface area contributed by atoms with E-state index in [1.54, 1.807) is 20.4 Å². The molecule has 2 heterocycles. The highest BCUT2D eigenvalue weighted by atomic mass is 16.5. The minimum Gasteiger partial charge on any atom is -0.493 e. The molecule has 0 bridgehead atoms. The summed E-state index contributed by atoms with van der Waals surface area (Å²) in [5.74, 6) is 1.57. The van der Waals surface area contributed by atoms with Crippen molar-refractivity contribution in [3.05, 3.63) is 48.2 Å². The maximum Gasteiger partial charge on any atom is 0.162 e. The van der Waals surface area contributed by atoms with Crippen LogP contribution < -0.4 is 9.47 Å². The largest absolute Gasteiger partial charge is 0.493 e. The molecule has 1 aliphatic heterocycles. The van der Waals surface area contributed by atoms with Gasteiger partial charge >= 0.3 is 0 Å². The summed E-state index contributed by atoms with van der Waals surface area (Å²) >= 11 is 0. The van der Waals surface area contributed by atoms with Crippen LogP contribution in [0.3, 0.4) is 0 Å². The van der Waals surface area contributed by atoms with Gasteiger partial charge in [-0.2, -0.15) is 15.3 Å². The first-order chi connectivity index (χ1) is 14.2. The number of ether oxygens (including phenoxy) is 3. The first-order valence-electron chi connectivity index (χ1n) is 9.50. The molecule has 1 unspecified atom stereocenters. The number of hydrogen-bond donors (Lipinski definition) is 0. The van der Waals surface area contributed by atoms with E-state index in [0.29, 0.717) is 24.7 Å². The zero-order valence-corrected chi connectivity index (χ0v) is 16.8. The molecule has 7 heteroatoms. The Bertz CT molecular complexity index is 1040. The molecule has 0 saturated carbocycles. The fraction of sp³-hybridized carbons (Fsp3) is 0.318. The summed E-state index contributed by atoms with van der Waals surface area (Å²) < 4.78 is 16.4. The Morgan fingerprint density at radius 3 is 2.76 bits per heavy atom. The number of methoxy groups -OCH3 is 2. The smallest absolute Gasteiger partial charge is 0.162 e. The molecular weight excluding hydrogens is 368 g/mol. The first-order valence-corrected chi connectivity index (χ1v) is 9.50. The molecule has 0 spiro atoms. The van der Waals surface area contributed by atoms with E-state index in [0.717, 1.165) is 28.6 Å². The second kappa shape index (κ2) is 8.45. The number of rotatable bonds is 7. The van der Waals surface area contributed by atoms with Crippen LogP contribution in [-0.4, -0.2) is 62.4 Å². The predicted octanol–water partition coefficient (Wildman–Crippen LogP) is 3.35. The van der Waals surface area contributed by atoms with E-state index in [1.165, 1.54) is 5.56 Å². The van der Waals surface area contributed by atoms with Gasteiger partial charge in [-0.05, 0) is 17.2 Å². The van der Waals surface area contributed by atoms with E-state index < -0.39 is 0 Å². The van der Waals surface area contributed by atoms with Crippen LogP contribution in [-0.2, 0) is 4.74 Å². The molecule has 29 heavy (non-hydrogen) atoms. The van der Waals surface area contributed by atoms with Gasteiger partial charge in [-0.3, -0.25) is 5.01 Å². The van der Waals surface area contributed by atoms with E-state index in [9.17, 15) is 0 Å². The Balaban J connectivity index is 1.75. The molecule has 0 N–H and O–H groups in total. The van der Waals surface area contributed by atoms with Crippen molar-refractivity contribution in [3.63, 3.8) is 0 Å². The summed E-state index contributed by atoms with van der Waals surface area (Å²) in [6, 6.07) is 12.3. The summed E-state index contributed by atoms with van der Waals surface area (Å²) in [5.41, 5.74) is 4.06. The molecule has 0 fully saturated rings. The van der Waals surface area contributed by atoms with Crippen molar-refractivity contribution in [2.24, 2.45) is 5.10 Å². The van der Waals surface area contributed by atoms with Crippen LogP contribution in [0.5, 0.6) is 11.5 Å². The lowest BCUT2D eigenvalue weighted by atomic mass is 9.95. The lowest BCUT2D eigenvalue weighted by Crippen LogP contribution is -2.11. The third kappa shape index (κ3) is 4.00. The minimum atomic E-state index is 0.286. The van der Waals surface area contributed by atoms with Gasteiger partial charge in [0.25, 0.3) is 0 Å². The van der Waals surface area contributed by atoms with Crippen molar-refractivity contribution in [1.29, 1.82) is 0 Å². The molecule has 1 aliphatic rings. The predicted molar refractivity (Wildman–Crippen MR) is 113 cm³/mol. The van der Waals surface area contributed by atoms with Crippen LogP contribution in [0.2, 0.25) is 0 Å². The number of aromatic nitrogens is 2. The van der Waals surface area contributed by atoms with Crippen molar-refractivity contribution >= 4 is 17.1 Å². The molecule has 2 aromatic carbocycles. The molecule has 0 radical (unpaired) electrons. The van der Waals surface area contributed by atoms with Gasteiger partial charge in [0.15, 0.2) is 11.5 Å². The molecule has 0 amide bonds. The molecule has 7 nitrogen and oxygen atoms in total. The van der Waals surface area contributed by atoms with Gasteiger partial charge in [0, 0.05) is 49.9 Å². The van der Waals surface area contributed by atoms with Gasteiger partial charge in [-0.1, -0.05) is 24.3 Å². The quantitative estimate of drug-likeness (QED) is 0.575. The Morgan fingerprint density at radius 2 is 2.00 bits per heavy atom. The van der Waals surface area contributed by atoms with E-state index >= 15 is 0 Å². The Hall–Kier alpha value is -3.19. The Kier molecular flexibility index (Phi) is 5.57. The highest BCUT2D eigenvalue weighted by Gasteiger charge is 2.18. The van der Waals surface area contributed by atoms with Crippen LogP contribution in [0.4, 0.5) is 0 Å². The number of fused-ring (bicyclic) bond motifs is 1. The second-order valence-corrected chi connectivity index (χ2v) is 6.96. The minimum absolute atomic E-state index is 0.286. The first kappa shape index (κ1) is 19.1. The highest BCUT2D eigenvalue weighted by molar-refractivity contribution is 5.95. The van der Waals surface area contributed by atoms with Gasteiger partial charge in [0.05, 0.1) is 25.4 Å². The number of hydrogen-bond acceptors (Lipinski definition) is 7. The standard InChI is InChI=1S/C22H24N4O3/c1-26-14-17(12-24-26)15-5-4-6-16(9-15)19-13-23-25-20-11-21(28-3)22(10-18(19)20)29-8-7-27-2/h4-6,9-13,17H,7-8,14H2,1-3H3. The molecule has 3 aromatic rings. The summed E-state index contributed by atoms with van der Waals surface area (Å²) in [4.78, 5) is 0. The summed E-state index contributed by atoms with van der Waals surface area (Å²) in [5, 5.41) is 15.8. The van der Waals surface area contributed by atoms with Crippen LogP contribution in [0.1, 0.15) is 11.5 Å². The van der Waals surface area contributed by atoms with Crippen molar-refractivity contribution < 1.29 is 14.2 Å². The Morgan fingerprint density at radius 1 is 1.10 bits per heavy atom. The van der Waals surface area contributed by atoms with E-state index in [2.05, 4.69) is 39.6 Å². The highest BCUT2D eigenvalue weighted by Crippen LogP contribution is 2.36. The zero-order valence-electron chi connectivity index (χ0n) is 16.8. The van der Waals surface area contributed by atoms with Gasteiger partial charge in [-0.15, -0.1) is 0 Å². The second-order valence-electron chi connectivity index (χ2n) is 6.96. The van der Waals surface area contributed by atoms with Crippen molar-refractivity contribution in [3.8, 4) is 22.6 Å². The Labute approximate surface area is 169 Å². The van der Waals surface area contributed by atoms with Crippen LogP contribution in [0, 0.1) is 0 Å². The molecule has 150 valence electrons. The van der Waals surface area contributed by atoms with Gasteiger partial charge in [-0.25, -0.2) is 0 Å². The van der Waals surface area contributed by atoms with Crippen LogP contribution in [0.15, 0.2) is 47.7 Å². The zero-order chi connectivity index (χ0) is 20.2. The third-order valence-electron chi connectivity index (χ3n) is 5.00. The van der Waals surface area contributed by atoms with Gasteiger partial charge in [0.2, 0.25) is 0 Å². The summed E-state index contributed by atoms with van der Waals surface area (Å²) in [6.45, 7) is 1.83.